The van der Waals surface area contributed by atoms with E-state index in [0.29, 0.717) is 29.1 Å². The van der Waals surface area contributed by atoms with E-state index in [4.69, 9.17) is 15.8 Å². The second-order valence-electron chi connectivity index (χ2n) is 6.97. The maximum Gasteiger partial charge on any atom is 0.261 e. The Balaban J connectivity index is 1.80. The van der Waals surface area contributed by atoms with Gasteiger partial charge in [0.15, 0.2) is 0 Å². The first-order chi connectivity index (χ1) is 13.1. The number of anilines is 1. The lowest BCUT2D eigenvalue weighted by Crippen LogP contribution is -2.23. The molecule has 27 heavy (non-hydrogen) atoms. The molecule has 6 heteroatoms. The van der Waals surface area contributed by atoms with Crippen molar-refractivity contribution in [2.24, 2.45) is 0 Å². The standard InChI is InChI=1S/C21H19N5O/c1-13-8-10-14(11-9-13)26-19(22)18-17(24-26)7-4-12-25-20(18)23-16-6-3-2-5-15(16)21(25)27/h2-3,5-6,8-11H,4,7,12,22H2,1H3. The quantitative estimate of drug-likeness (QED) is 0.568. The molecule has 0 saturated carbocycles. The first-order valence-corrected chi connectivity index (χ1v) is 9.08. The normalized spacial score (nSPS) is 13.2. The van der Waals surface area contributed by atoms with Crippen molar-refractivity contribution >= 4 is 16.7 Å². The minimum absolute atomic E-state index is 0.0223. The number of rotatable bonds is 1. The van der Waals surface area contributed by atoms with Crippen molar-refractivity contribution in [3.05, 3.63) is 70.1 Å². The van der Waals surface area contributed by atoms with E-state index in [2.05, 4.69) is 0 Å². The van der Waals surface area contributed by atoms with Gasteiger partial charge in [-0.05, 0) is 44.0 Å². The molecule has 0 saturated heterocycles. The first kappa shape index (κ1) is 15.8. The summed E-state index contributed by atoms with van der Waals surface area (Å²) in [5, 5.41) is 5.39. The average molecular weight is 357 g/mol. The summed E-state index contributed by atoms with van der Waals surface area (Å²) in [4.78, 5) is 17.8. The second-order valence-corrected chi connectivity index (χ2v) is 6.97. The number of hydrogen-bond acceptors (Lipinski definition) is 4. The monoisotopic (exact) mass is 357 g/mol. The van der Waals surface area contributed by atoms with Gasteiger partial charge in [0, 0.05) is 6.54 Å². The van der Waals surface area contributed by atoms with Crippen molar-refractivity contribution in [1.29, 1.82) is 0 Å². The van der Waals surface area contributed by atoms with Crippen LogP contribution in [-0.4, -0.2) is 19.3 Å². The Morgan fingerprint density at radius 1 is 1.07 bits per heavy atom. The lowest BCUT2D eigenvalue weighted by Gasteiger charge is -2.11. The van der Waals surface area contributed by atoms with Crippen LogP contribution in [-0.2, 0) is 13.0 Å². The van der Waals surface area contributed by atoms with Crippen LogP contribution in [0.1, 0.15) is 17.7 Å². The summed E-state index contributed by atoms with van der Waals surface area (Å²) in [6.45, 7) is 2.66. The number of nitrogens with two attached hydrogens (primary N) is 1. The van der Waals surface area contributed by atoms with Crippen LogP contribution in [0.2, 0.25) is 0 Å². The van der Waals surface area contributed by atoms with Crippen LogP contribution in [0, 0.1) is 6.92 Å². The van der Waals surface area contributed by atoms with E-state index in [1.165, 1.54) is 5.56 Å². The van der Waals surface area contributed by atoms with Crippen molar-refractivity contribution in [2.75, 3.05) is 5.73 Å². The van der Waals surface area contributed by atoms with Crippen molar-refractivity contribution in [2.45, 2.75) is 26.3 Å². The maximum atomic E-state index is 13.0. The molecular weight excluding hydrogens is 338 g/mol. The minimum atomic E-state index is -0.0223. The maximum absolute atomic E-state index is 13.0. The first-order valence-electron chi connectivity index (χ1n) is 9.08. The molecule has 0 atom stereocenters. The molecule has 0 unspecified atom stereocenters. The summed E-state index contributed by atoms with van der Waals surface area (Å²) in [6.07, 6.45) is 1.59. The van der Waals surface area contributed by atoms with Gasteiger partial charge in [-0.15, -0.1) is 0 Å². The van der Waals surface area contributed by atoms with Crippen LogP contribution < -0.4 is 11.3 Å². The SMILES string of the molecule is Cc1ccc(-n2nc3c(c2N)-c2nc4ccccc4c(=O)n2CCC3)cc1. The zero-order valence-electron chi connectivity index (χ0n) is 15.0. The Hall–Kier alpha value is -3.41. The van der Waals surface area contributed by atoms with E-state index in [1.807, 2.05) is 55.5 Å². The molecule has 5 rings (SSSR count). The molecule has 0 radical (unpaired) electrons. The van der Waals surface area contributed by atoms with Gasteiger partial charge in [-0.1, -0.05) is 29.8 Å². The van der Waals surface area contributed by atoms with Gasteiger partial charge >= 0.3 is 0 Å². The molecule has 0 aliphatic carbocycles. The van der Waals surface area contributed by atoms with Crippen molar-refractivity contribution in [1.82, 2.24) is 19.3 Å². The van der Waals surface area contributed by atoms with Gasteiger partial charge in [0.05, 0.1) is 27.8 Å². The molecule has 2 aromatic carbocycles. The predicted molar refractivity (Wildman–Crippen MR) is 106 cm³/mol. The number of nitrogens with zero attached hydrogens (tertiary/aromatic N) is 4. The summed E-state index contributed by atoms with van der Waals surface area (Å²) < 4.78 is 3.49. The second kappa shape index (κ2) is 5.81. The Morgan fingerprint density at radius 2 is 1.85 bits per heavy atom. The minimum Gasteiger partial charge on any atom is -0.383 e. The number of fused-ring (bicyclic) bond motifs is 4. The zero-order chi connectivity index (χ0) is 18.5. The molecule has 0 bridgehead atoms. The van der Waals surface area contributed by atoms with Gasteiger partial charge < -0.3 is 5.73 Å². The van der Waals surface area contributed by atoms with Gasteiger partial charge in [-0.25, -0.2) is 9.67 Å². The third-order valence-corrected chi connectivity index (χ3v) is 5.15. The van der Waals surface area contributed by atoms with Crippen LogP contribution in [0.4, 0.5) is 5.82 Å². The van der Waals surface area contributed by atoms with Crippen LogP contribution in [0.25, 0.3) is 28.0 Å². The molecule has 6 nitrogen and oxygen atoms in total. The van der Waals surface area contributed by atoms with E-state index in [1.54, 1.807) is 9.25 Å². The number of para-hydroxylation sites is 1. The van der Waals surface area contributed by atoms with E-state index in [-0.39, 0.29) is 5.56 Å². The fourth-order valence-electron chi connectivity index (χ4n) is 3.75. The highest BCUT2D eigenvalue weighted by molar-refractivity contribution is 5.82. The van der Waals surface area contributed by atoms with Gasteiger partial charge in [-0.3, -0.25) is 9.36 Å². The van der Waals surface area contributed by atoms with Crippen molar-refractivity contribution in [3.8, 4) is 17.1 Å². The van der Waals surface area contributed by atoms with Gasteiger partial charge in [0.1, 0.15) is 11.6 Å². The molecule has 0 fully saturated rings. The summed E-state index contributed by atoms with van der Waals surface area (Å²) in [7, 11) is 0. The largest absolute Gasteiger partial charge is 0.383 e. The summed E-state index contributed by atoms with van der Waals surface area (Å²) in [5.41, 5.74) is 10.9. The zero-order valence-corrected chi connectivity index (χ0v) is 15.0. The van der Waals surface area contributed by atoms with E-state index >= 15 is 0 Å². The summed E-state index contributed by atoms with van der Waals surface area (Å²) in [5.74, 6) is 1.13. The third kappa shape index (κ3) is 2.37. The van der Waals surface area contributed by atoms with Crippen LogP contribution in [0.15, 0.2) is 53.3 Å². The average Bonchev–Trinajstić information content (AvgIpc) is 2.89. The smallest absolute Gasteiger partial charge is 0.261 e. The molecule has 3 heterocycles. The van der Waals surface area contributed by atoms with E-state index in [9.17, 15) is 4.79 Å². The predicted octanol–water partition coefficient (Wildman–Crippen LogP) is 3.09. The van der Waals surface area contributed by atoms with Crippen molar-refractivity contribution < 1.29 is 0 Å². The number of aryl methyl sites for hydroxylation is 2. The highest BCUT2D eigenvalue weighted by Crippen LogP contribution is 2.33. The number of benzene rings is 2. The Labute approximate surface area is 155 Å². The van der Waals surface area contributed by atoms with E-state index < -0.39 is 0 Å². The highest BCUT2D eigenvalue weighted by Gasteiger charge is 2.25. The van der Waals surface area contributed by atoms with Crippen LogP contribution in [0.5, 0.6) is 0 Å². The van der Waals surface area contributed by atoms with E-state index in [0.717, 1.165) is 29.8 Å². The fraction of sp³-hybridized carbons (Fsp3) is 0.190. The van der Waals surface area contributed by atoms with Crippen molar-refractivity contribution in [3.63, 3.8) is 0 Å². The highest BCUT2D eigenvalue weighted by atomic mass is 16.1. The number of aromatic nitrogens is 4. The summed E-state index contributed by atoms with van der Waals surface area (Å²) >= 11 is 0. The lowest BCUT2D eigenvalue weighted by molar-refractivity contribution is 0.629. The molecule has 134 valence electrons. The fourth-order valence-corrected chi connectivity index (χ4v) is 3.75. The van der Waals surface area contributed by atoms with Crippen LogP contribution in [0.3, 0.4) is 0 Å². The topological polar surface area (TPSA) is 78.7 Å². The molecule has 0 amide bonds. The molecule has 2 N–H and O–H groups in total. The number of nitrogen functional groups attached to an aromatic ring is 1. The Bertz CT molecular complexity index is 1230. The number of hydrogen-bond donors (Lipinski definition) is 1. The lowest BCUT2D eigenvalue weighted by atomic mass is 10.1. The van der Waals surface area contributed by atoms with Crippen LogP contribution >= 0.6 is 0 Å². The Kier molecular flexibility index (Phi) is 3.40. The molecule has 1 aliphatic rings. The molecule has 1 aliphatic heterocycles. The molecular formula is C21H19N5O. The summed E-state index contributed by atoms with van der Waals surface area (Å²) in [6, 6.07) is 15.5. The van der Waals surface area contributed by atoms with Gasteiger partial charge in [0.25, 0.3) is 5.56 Å². The third-order valence-electron chi connectivity index (χ3n) is 5.15. The van der Waals surface area contributed by atoms with Gasteiger partial charge in [0.2, 0.25) is 0 Å². The molecule has 4 aromatic rings. The Morgan fingerprint density at radius 3 is 2.67 bits per heavy atom. The molecule has 0 spiro atoms. The van der Waals surface area contributed by atoms with Gasteiger partial charge in [-0.2, -0.15) is 5.10 Å². The molecule has 2 aromatic heterocycles.